The van der Waals surface area contributed by atoms with Crippen molar-refractivity contribution in [1.82, 2.24) is 29.8 Å². The van der Waals surface area contributed by atoms with Crippen LogP contribution in [-0.4, -0.2) is 122 Å². The van der Waals surface area contributed by atoms with E-state index in [1.54, 1.807) is 43.8 Å². The molecule has 4 aliphatic rings. The van der Waals surface area contributed by atoms with Crippen LogP contribution in [0.2, 0.25) is 0 Å². The fourth-order valence-electron chi connectivity index (χ4n) is 9.17. The molecule has 3 saturated heterocycles. The molecule has 19 heteroatoms. The summed E-state index contributed by atoms with van der Waals surface area (Å²) >= 11 is 5.75. The molecule has 2 N–H and O–H groups in total. The van der Waals surface area contributed by atoms with E-state index in [0.717, 1.165) is 49.5 Å². The highest BCUT2D eigenvalue weighted by Gasteiger charge is 2.52. The number of carbonyl (C=O) groups is 4. The van der Waals surface area contributed by atoms with Crippen molar-refractivity contribution in [2.24, 2.45) is 7.05 Å². The Morgan fingerprint density at radius 1 is 1.08 bits per heavy atom. The molecule has 4 heterocycles. The van der Waals surface area contributed by atoms with Crippen LogP contribution >= 0.6 is 12.2 Å². The Labute approximate surface area is 351 Å². The Morgan fingerprint density at radius 3 is 2.43 bits per heavy atom. The molecule has 1 aromatic heterocycles. The van der Waals surface area contributed by atoms with Crippen LogP contribution in [0, 0.1) is 11.3 Å². The molecule has 7 rings (SSSR count). The third-order valence-electron chi connectivity index (χ3n) is 12.1. The second-order valence-electron chi connectivity index (χ2n) is 16.6. The first-order valence-corrected chi connectivity index (χ1v) is 20.6. The number of benzene rings is 2. The predicted molar refractivity (Wildman–Crippen MR) is 221 cm³/mol. The van der Waals surface area contributed by atoms with E-state index < -0.39 is 34.8 Å². The fraction of sp³-hybridized carbons (Fsp3) is 0.537. The van der Waals surface area contributed by atoms with E-state index in [1.807, 2.05) is 11.0 Å². The average Bonchev–Trinajstić information content (AvgIpc) is 3.61. The fourth-order valence-corrected chi connectivity index (χ4v) is 9.74. The SMILES string of the molecule is C[C@@H]1CN(CCOC2CCC(N3C(=S)N(c4ccc(C#N)c(C(F)(F)F)c4)C(=O)C3(C)C)CC2)C[C@H](C)N1CC(=O)Nc1cccc2c(N3CCC(=O)NC3=O)nn(C)c12. The summed E-state index contributed by atoms with van der Waals surface area (Å²) in [6.45, 7) is 10.8. The molecule has 2 aromatic carbocycles. The maximum atomic E-state index is 13.8. The van der Waals surface area contributed by atoms with Gasteiger partial charge in [-0.1, -0.05) is 6.07 Å². The van der Waals surface area contributed by atoms with Gasteiger partial charge < -0.3 is 15.0 Å². The first-order chi connectivity index (χ1) is 28.4. The van der Waals surface area contributed by atoms with Gasteiger partial charge in [-0.25, -0.2) is 4.79 Å². The summed E-state index contributed by atoms with van der Waals surface area (Å²) in [7, 11) is 1.75. The zero-order valence-corrected chi connectivity index (χ0v) is 35.0. The van der Waals surface area contributed by atoms with Crippen LogP contribution in [0.5, 0.6) is 0 Å². The Hall–Kier alpha value is -5.16. The molecule has 320 valence electrons. The van der Waals surface area contributed by atoms with Gasteiger partial charge in [-0.2, -0.15) is 23.5 Å². The predicted octanol–water partition coefficient (Wildman–Crippen LogP) is 4.98. The molecule has 0 spiro atoms. The van der Waals surface area contributed by atoms with E-state index in [9.17, 15) is 37.6 Å². The number of ether oxygens (including phenoxy) is 1. The number of piperazine rings is 1. The highest BCUT2D eigenvalue weighted by atomic mass is 32.1. The topological polar surface area (TPSA) is 159 Å². The number of urea groups is 1. The molecule has 15 nitrogen and oxygen atoms in total. The summed E-state index contributed by atoms with van der Waals surface area (Å²) in [6, 6.07) is 9.79. The Balaban J connectivity index is 0.884. The van der Waals surface area contributed by atoms with Gasteiger partial charge >= 0.3 is 12.2 Å². The molecule has 0 bridgehead atoms. The summed E-state index contributed by atoms with van der Waals surface area (Å²) in [5.41, 5.74) is -1.48. The number of para-hydroxylation sites is 1. The quantitative estimate of drug-likeness (QED) is 0.265. The van der Waals surface area contributed by atoms with E-state index in [4.69, 9.17) is 17.0 Å². The molecule has 3 aliphatic heterocycles. The molecule has 1 saturated carbocycles. The first kappa shape index (κ1) is 42.9. The third-order valence-corrected chi connectivity index (χ3v) is 12.5. The number of rotatable bonds is 10. The van der Waals surface area contributed by atoms with E-state index in [1.165, 1.54) is 11.0 Å². The number of alkyl halides is 3. The number of hydrogen-bond donors (Lipinski definition) is 2. The molecular formula is C41H49F3N10O5S. The van der Waals surface area contributed by atoms with Crippen LogP contribution in [0.4, 0.5) is 35.2 Å². The van der Waals surface area contributed by atoms with Gasteiger partial charge in [0.15, 0.2) is 10.9 Å². The second-order valence-corrected chi connectivity index (χ2v) is 16.9. The minimum atomic E-state index is -4.77. The number of hydrogen-bond acceptors (Lipinski definition) is 10. The van der Waals surface area contributed by atoms with Crippen LogP contribution in [-0.2, 0) is 32.3 Å². The molecule has 0 unspecified atom stereocenters. The zero-order chi connectivity index (χ0) is 43.3. The molecular weight excluding hydrogens is 802 g/mol. The molecule has 60 heavy (non-hydrogen) atoms. The van der Waals surface area contributed by atoms with Gasteiger partial charge in [-0.05, 0) is 95.9 Å². The maximum absolute atomic E-state index is 13.8. The number of aromatic nitrogens is 2. The smallest absolute Gasteiger partial charge is 0.377 e. The number of nitrogens with one attached hydrogen (secondary N) is 2. The van der Waals surface area contributed by atoms with Gasteiger partial charge in [-0.3, -0.25) is 44.0 Å². The van der Waals surface area contributed by atoms with Gasteiger partial charge in [-0.15, -0.1) is 0 Å². The summed E-state index contributed by atoms with van der Waals surface area (Å²) in [5.74, 6) is -0.501. The highest BCUT2D eigenvalue weighted by Crippen LogP contribution is 2.41. The first-order valence-electron chi connectivity index (χ1n) is 20.1. The lowest BCUT2D eigenvalue weighted by Gasteiger charge is -2.44. The van der Waals surface area contributed by atoms with Crippen molar-refractivity contribution in [3.8, 4) is 6.07 Å². The number of amides is 5. The van der Waals surface area contributed by atoms with Crippen LogP contribution in [0.1, 0.15) is 70.9 Å². The van der Waals surface area contributed by atoms with Crippen molar-refractivity contribution in [2.45, 2.75) is 95.7 Å². The zero-order valence-electron chi connectivity index (χ0n) is 34.2. The lowest BCUT2D eigenvalue weighted by Crippen LogP contribution is -2.58. The molecule has 2 atom stereocenters. The van der Waals surface area contributed by atoms with E-state index in [-0.39, 0.29) is 66.4 Å². The third kappa shape index (κ3) is 8.29. The van der Waals surface area contributed by atoms with Crippen molar-refractivity contribution in [2.75, 3.05) is 54.4 Å². The number of thiocarbonyl (C=S) groups is 1. The minimum Gasteiger partial charge on any atom is -0.377 e. The summed E-state index contributed by atoms with van der Waals surface area (Å²) in [5, 5.41) is 20.0. The van der Waals surface area contributed by atoms with E-state index in [2.05, 4.69) is 39.4 Å². The summed E-state index contributed by atoms with van der Waals surface area (Å²) in [4.78, 5) is 60.3. The summed E-state index contributed by atoms with van der Waals surface area (Å²) < 4.78 is 49.2. The van der Waals surface area contributed by atoms with Crippen LogP contribution in [0.25, 0.3) is 10.9 Å². The van der Waals surface area contributed by atoms with Crippen molar-refractivity contribution >= 4 is 69.2 Å². The van der Waals surface area contributed by atoms with Gasteiger partial charge in [0, 0.05) is 63.2 Å². The number of carbonyl (C=O) groups excluding carboxylic acids is 4. The van der Waals surface area contributed by atoms with Crippen molar-refractivity contribution in [1.29, 1.82) is 5.26 Å². The largest absolute Gasteiger partial charge is 0.417 e. The van der Waals surface area contributed by atoms with Crippen molar-refractivity contribution in [3.63, 3.8) is 0 Å². The van der Waals surface area contributed by atoms with Crippen LogP contribution in [0.3, 0.4) is 0 Å². The van der Waals surface area contributed by atoms with Crippen LogP contribution in [0.15, 0.2) is 36.4 Å². The normalized spacial score (nSPS) is 24.3. The molecule has 1 aliphatic carbocycles. The van der Waals surface area contributed by atoms with E-state index >= 15 is 0 Å². The van der Waals surface area contributed by atoms with E-state index in [0.29, 0.717) is 41.9 Å². The monoisotopic (exact) mass is 850 g/mol. The summed E-state index contributed by atoms with van der Waals surface area (Å²) in [6.07, 6.45) is -1.72. The Morgan fingerprint density at radius 2 is 1.78 bits per heavy atom. The van der Waals surface area contributed by atoms with Crippen molar-refractivity contribution < 1.29 is 37.1 Å². The van der Waals surface area contributed by atoms with Gasteiger partial charge in [0.25, 0.3) is 5.91 Å². The van der Waals surface area contributed by atoms with Gasteiger partial charge in [0.05, 0.1) is 53.3 Å². The lowest BCUT2D eigenvalue weighted by atomic mass is 9.89. The highest BCUT2D eigenvalue weighted by molar-refractivity contribution is 7.80. The maximum Gasteiger partial charge on any atom is 0.417 e. The standard InChI is InChI=1S/C41H49F3N10O5S/c1-24-21-50(22-25(2)52(24)23-34(56)46-32-8-6-7-30-35(32)49(5)48-36(30)51-16-15-33(55)47-38(51)58)17-18-59-29-13-11-27(12-14-29)54-39(60)53(37(57)40(54,3)4)28-10-9-26(20-45)31(19-28)41(42,43)44/h6-10,19,24-25,27,29H,11-18,21-23H2,1-5H3,(H,46,56)(H,47,55,58)/t24-,25+,27?,29?. The molecule has 3 aromatic rings. The number of halogens is 3. The average molecular weight is 851 g/mol. The number of aryl methyl sites for hydroxylation is 1. The number of nitriles is 1. The Kier molecular flexibility index (Phi) is 12.0. The molecule has 5 amide bonds. The number of nitrogens with zero attached hydrogens (tertiary/aromatic N) is 8. The Bertz CT molecular complexity index is 2240. The number of imide groups is 1. The molecule has 4 fully saturated rings. The number of anilines is 3. The minimum absolute atomic E-state index is 0.0150. The number of fused-ring (bicyclic) bond motifs is 1. The van der Waals surface area contributed by atoms with Crippen LogP contribution < -0.4 is 20.4 Å². The van der Waals surface area contributed by atoms with Gasteiger partial charge in [0.2, 0.25) is 11.8 Å². The lowest BCUT2D eigenvalue weighted by molar-refractivity contribution is -0.137. The molecule has 0 radical (unpaired) electrons. The second kappa shape index (κ2) is 16.7. The van der Waals surface area contributed by atoms with Gasteiger partial charge in [0.1, 0.15) is 5.54 Å². The van der Waals surface area contributed by atoms with Crippen molar-refractivity contribution in [3.05, 3.63) is 47.5 Å².